The van der Waals surface area contributed by atoms with Crippen molar-refractivity contribution in [3.63, 3.8) is 0 Å². The number of hydrogen-bond acceptors (Lipinski definition) is 5. The molecule has 1 saturated heterocycles. The van der Waals surface area contributed by atoms with Crippen LogP contribution in [-0.2, 0) is 0 Å². The van der Waals surface area contributed by atoms with Crippen LogP contribution in [0.3, 0.4) is 0 Å². The predicted molar refractivity (Wildman–Crippen MR) is 115 cm³/mol. The third-order valence-electron chi connectivity index (χ3n) is 6.12. The first-order valence-corrected chi connectivity index (χ1v) is 10.3. The van der Waals surface area contributed by atoms with Gasteiger partial charge in [0.2, 0.25) is 0 Å². The maximum Gasteiger partial charge on any atom is 0.169 e. The van der Waals surface area contributed by atoms with E-state index in [1.54, 1.807) is 62.0 Å². The Morgan fingerprint density at radius 2 is 1.45 bits per heavy atom. The summed E-state index contributed by atoms with van der Waals surface area (Å²) >= 11 is 0. The Hall–Kier alpha value is -3.25. The first-order chi connectivity index (χ1) is 15.0. The number of halogens is 1. The lowest BCUT2D eigenvalue weighted by atomic mass is 9.68. The number of aromatic nitrogens is 2. The molecule has 0 aliphatic carbocycles. The molecule has 1 unspecified atom stereocenters. The van der Waals surface area contributed by atoms with E-state index in [1.165, 1.54) is 6.07 Å². The van der Waals surface area contributed by atoms with Gasteiger partial charge in [0, 0.05) is 66.8 Å². The summed E-state index contributed by atoms with van der Waals surface area (Å²) in [6.45, 7) is 2.66. The fraction of sp³-hybridized carbons (Fsp3) is 0.280. The zero-order valence-corrected chi connectivity index (χ0v) is 17.5. The first kappa shape index (κ1) is 21.0. The van der Waals surface area contributed by atoms with Gasteiger partial charge in [0.05, 0.1) is 0 Å². The molecule has 0 amide bonds. The van der Waals surface area contributed by atoms with Crippen LogP contribution in [0.25, 0.3) is 0 Å². The number of piperidine rings is 1. The Labute approximate surface area is 181 Å². The van der Waals surface area contributed by atoms with Gasteiger partial charge in [0.15, 0.2) is 11.6 Å². The number of pyridine rings is 2. The molecule has 5 nitrogen and oxygen atoms in total. The van der Waals surface area contributed by atoms with E-state index in [0.29, 0.717) is 35.3 Å². The van der Waals surface area contributed by atoms with E-state index < -0.39 is 17.8 Å². The lowest BCUT2D eigenvalue weighted by Gasteiger charge is -2.42. The summed E-state index contributed by atoms with van der Waals surface area (Å²) in [4.78, 5) is 37.3. The van der Waals surface area contributed by atoms with Gasteiger partial charge < -0.3 is 4.90 Å². The summed E-state index contributed by atoms with van der Waals surface area (Å²) in [5.74, 6) is -1.97. The van der Waals surface area contributed by atoms with Gasteiger partial charge in [-0.15, -0.1) is 0 Å². The number of carbonyl (C=O) groups is 2. The minimum atomic E-state index is -0.505. The highest BCUT2D eigenvalue weighted by Crippen LogP contribution is 2.41. The highest BCUT2D eigenvalue weighted by molar-refractivity contribution is 6.02. The zero-order chi connectivity index (χ0) is 22.0. The largest absolute Gasteiger partial charge is 0.305 e. The van der Waals surface area contributed by atoms with E-state index in [1.807, 2.05) is 18.0 Å². The predicted octanol–water partition coefficient (Wildman–Crippen LogP) is 3.95. The topological polar surface area (TPSA) is 63.2 Å². The summed E-state index contributed by atoms with van der Waals surface area (Å²) in [5.41, 5.74) is 2.17. The first-order valence-electron chi connectivity index (χ1n) is 10.3. The standard InChI is InChI=1S/C25H24FN3O2/c1-16-19(8-3-9-22(16)26)23-20(24(30)17-6-4-10-27-12-17)14-29(2)15-21(23)25(31)18-7-5-11-28-13-18/h3-13,20-21,23H,14-15H2,1-2H3/t20-,21+,23?. The van der Waals surface area contributed by atoms with Gasteiger partial charge in [-0.25, -0.2) is 4.39 Å². The minimum Gasteiger partial charge on any atom is -0.305 e. The van der Waals surface area contributed by atoms with Gasteiger partial charge in [-0.05, 0) is 55.4 Å². The van der Waals surface area contributed by atoms with Crippen molar-refractivity contribution in [2.75, 3.05) is 20.1 Å². The Bertz CT molecular complexity index is 1030. The third-order valence-corrected chi connectivity index (χ3v) is 6.12. The smallest absolute Gasteiger partial charge is 0.169 e. The molecule has 158 valence electrons. The van der Waals surface area contributed by atoms with E-state index in [9.17, 15) is 14.0 Å². The molecule has 0 spiro atoms. The molecule has 1 aromatic carbocycles. The average Bonchev–Trinajstić information content (AvgIpc) is 2.81. The van der Waals surface area contributed by atoms with Crippen LogP contribution in [0.2, 0.25) is 0 Å². The van der Waals surface area contributed by atoms with Crippen LogP contribution in [0.15, 0.2) is 67.3 Å². The maximum atomic E-state index is 14.5. The Morgan fingerprint density at radius 1 is 0.903 bits per heavy atom. The van der Waals surface area contributed by atoms with E-state index in [4.69, 9.17) is 0 Å². The number of likely N-dealkylation sites (tertiary alicyclic amines) is 1. The van der Waals surface area contributed by atoms with E-state index in [-0.39, 0.29) is 17.4 Å². The lowest BCUT2D eigenvalue weighted by molar-refractivity contribution is 0.0622. The molecule has 0 radical (unpaired) electrons. The second-order valence-corrected chi connectivity index (χ2v) is 8.13. The molecule has 4 rings (SSSR count). The zero-order valence-electron chi connectivity index (χ0n) is 17.5. The van der Waals surface area contributed by atoms with Crippen molar-refractivity contribution in [2.24, 2.45) is 11.8 Å². The number of Topliss-reactive ketones (excluding diaryl/α,β-unsaturated/α-hetero) is 2. The molecule has 3 atom stereocenters. The van der Waals surface area contributed by atoms with Gasteiger partial charge in [-0.3, -0.25) is 19.6 Å². The van der Waals surface area contributed by atoms with Crippen LogP contribution in [0, 0.1) is 24.6 Å². The number of hydrogen-bond donors (Lipinski definition) is 0. The van der Waals surface area contributed by atoms with Crippen molar-refractivity contribution in [2.45, 2.75) is 12.8 Å². The number of rotatable bonds is 5. The molecule has 6 heteroatoms. The number of carbonyl (C=O) groups excluding carboxylic acids is 2. The highest BCUT2D eigenvalue weighted by atomic mass is 19.1. The third kappa shape index (κ3) is 4.16. The molecule has 3 heterocycles. The summed E-state index contributed by atoms with van der Waals surface area (Å²) in [5, 5.41) is 0. The van der Waals surface area contributed by atoms with Crippen LogP contribution < -0.4 is 0 Å². The molecule has 1 fully saturated rings. The van der Waals surface area contributed by atoms with Crippen molar-refractivity contribution in [1.29, 1.82) is 0 Å². The van der Waals surface area contributed by atoms with Gasteiger partial charge in [0.1, 0.15) is 5.82 Å². The fourth-order valence-electron chi connectivity index (χ4n) is 4.61. The normalized spacial score (nSPS) is 21.6. The quantitative estimate of drug-likeness (QED) is 0.588. The van der Waals surface area contributed by atoms with Crippen LogP contribution in [0.5, 0.6) is 0 Å². The SMILES string of the molecule is Cc1c(F)cccc1C1[C@@H](C(=O)c2cccnc2)CN(C)C[C@H]1C(=O)c1cccnc1. The highest BCUT2D eigenvalue weighted by Gasteiger charge is 2.44. The molecular formula is C25H24FN3O2. The van der Waals surface area contributed by atoms with E-state index in [0.717, 1.165) is 0 Å². The number of benzene rings is 1. The molecule has 3 aromatic rings. The van der Waals surface area contributed by atoms with Gasteiger partial charge in [-0.2, -0.15) is 0 Å². The Morgan fingerprint density at radius 3 is 1.94 bits per heavy atom. The summed E-state index contributed by atoms with van der Waals surface area (Å²) < 4.78 is 14.5. The fourth-order valence-corrected chi connectivity index (χ4v) is 4.61. The van der Waals surface area contributed by atoms with Gasteiger partial charge >= 0.3 is 0 Å². The Balaban J connectivity index is 1.83. The average molecular weight is 417 g/mol. The van der Waals surface area contributed by atoms with Gasteiger partial charge in [-0.1, -0.05) is 12.1 Å². The van der Waals surface area contributed by atoms with E-state index >= 15 is 0 Å². The molecule has 1 aliphatic rings. The summed E-state index contributed by atoms with van der Waals surface area (Å²) in [6, 6.07) is 11.8. The van der Waals surface area contributed by atoms with Crippen LogP contribution in [0.4, 0.5) is 4.39 Å². The molecule has 0 bridgehead atoms. The number of ketones is 2. The molecule has 2 aromatic heterocycles. The molecular weight excluding hydrogens is 393 g/mol. The second-order valence-electron chi connectivity index (χ2n) is 8.13. The van der Waals surface area contributed by atoms with Crippen molar-refractivity contribution in [1.82, 2.24) is 14.9 Å². The van der Waals surface area contributed by atoms with Crippen molar-refractivity contribution in [3.05, 3.63) is 95.3 Å². The lowest BCUT2D eigenvalue weighted by Crippen LogP contribution is -2.49. The van der Waals surface area contributed by atoms with Crippen LogP contribution in [-0.4, -0.2) is 46.6 Å². The van der Waals surface area contributed by atoms with Crippen LogP contribution in [0.1, 0.15) is 37.8 Å². The molecule has 0 saturated carbocycles. The molecule has 31 heavy (non-hydrogen) atoms. The summed E-state index contributed by atoms with van der Waals surface area (Å²) in [6.07, 6.45) is 6.33. The van der Waals surface area contributed by atoms with Crippen LogP contribution >= 0.6 is 0 Å². The Kier molecular flexibility index (Phi) is 6.00. The molecule has 0 N–H and O–H groups in total. The van der Waals surface area contributed by atoms with Crippen molar-refractivity contribution < 1.29 is 14.0 Å². The molecule has 1 aliphatic heterocycles. The van der Waals surface area contributed by atoms with Crippen molar-refractivity contribution >= 4 is 11.6 Å². The monoisotopic (exact) mass is 417 g/mol. The maximum absolute atomic E-state index is 14.5. The number of nitrogens with zero attached hydrogens (tertiary/aromatic N) is 3. The summed E-state index contributed by atoms with van der Waals surface area (Å²) in [7, 11) is 1.90. The van der Waals surface area contributed by atoms with Crippen molar-refractivity contribution in [3.8, 4) is 0 Å². The van der Waals surface area contributed by atoms with Gasteiger partial charge in [0.25, 0.3) is 0 Å². The second kappa shape index (κ2) is 8.86. The van der Waals surface area contributed by atoms with E-state index in [2.05, 4.69) is 9.97 Å². The minimum absolute atomic E-state index is 0.0858.